The Balaban J connectivity index is 1.81. The first-order valence-electron chi connectivity index (χ1n) is 9.87. The summed E-state index contributed by atoms with van der Waals surface area (Å²) in [5, 5.41) is 1.68. The van der Waals surface area contributed by atoms with E-state index in [0.717, 1.165) is 18.5 Å². The summed E-state index contributed by atoms with van der Waals surface area (Å²) in [5.74, 6) is -1.30. The molecule has 3 aliphatic heterocycles. The van der Waals surface area contributed by atoms with E-state index in [2.05, 4.69) is 9.88 Å². The van der Waals surface area contributed by atoms with Gasteiger partial charge in [-0.05, 0) is 25.2 Å². The Morgan fingerprint density at radius 1 is 1.07 bits per heavy atom. The number of alkyl halides is 1. The summed E-state index contributed by atoms with van der Waals surface area (Å²) in [6, 6.07) is 6.61. The molecule has 0 aromatic heterocycles. The number of rotatable bonds is 3. The molecule has 30 heavy (non-hydrogen) atoms. The molecule has 0 spiro atoms. The Hall–Kier alpha value is -2.51. The zero-order valence-electron chi connectivity index (χ0n) is 16.4. The number of likely N-dealkylation sites (N-methyl/N-ethyl adjacent to an activating group) is 1. The van der Waals surface area contributed by atoms with Crippen LogP contribution in [0.25, 0.3) is 33.1 Å². The van der Waals surface area contributed by atoms with Crippen molar-refractivity contribution >= 4 is 39.1 Å². The van der Waals surface area contributed by atoms with Crippen molar-refractivity contribution < 1.29 is 13.2 Å². The van der Waals surface area contributed by atoms with Crippen LogP contribution in [0.2, 0.25) is 5.02 Å². The Kier molecular flexibility index (Phi) is 4.75. The second-order valence-corrected chi connectivity index (χ2v) is 8.19. The molecule has 1 fully saturated rings. The summed E-state index contributed by atoms with van der Waals surface area (Å²) in [4.78, 5) is 8.44. The van der Waals surface area contributed by atoms with Crippen molar-refractivity contribution in [1.82, 2.24) is 14.5 Å². The van der Waals surface area contributed by atoms with Gasteiger partial charge in [0.15, 0.2) is 5.82 Å². The van der Waals surface area contributed by atoms with Gasteiger partial charge in [-0.15, -0.1) is 0 Å². The van der Waals surface area contributed by atoms with Crippen LogP contribution >= 0.6 is 11.6 Å². The van der Waals surface area contributed by atoms with Gasteiger partial charge in [0.1, 0.15) is 18.2 Å². The fraction of sp³-hybridized carbons (Fsp3) is 0.318. The van der Waals surface area contributed by atoms with Crippen LogP contribution in [0.15, 0.2) is 30.5 Å². The van der Waals surface area contributed by atoms with Crippen molar-refractivity contribution in [3.63, 3.8) is 0 Å². The number of fused-ring (bicyclic) bond motifs is 5. The Labute approximate surface area is 176 Å². The summed E-state index contributed by atoms with van der Waals surface area (Å²) in [6.07, 6.45) is 1.70. The van der Waals surface area contributed by atoms with Crippen LogP contribution in [0.5, 0.6) is 0 Å². The molecule has 4 nitrogen and oxygen atoms in total. The number of pyridine rings is 1. The summed E-state index contributed by atoms with van der Waals surface area (Å²) in [5.41, 5.74) is 1.96. The van der Waals surface area contributed by atoms with Gasteiger partial charge in [0.05, 0.1) is 23.3 Å². The van der Waals surface area contributed by atoms with E-state index in [0.29, 0.717) is 40.3 Å². The summed E-state index contributed by atoms with van der Waals surface area (Å²) in [6.45, 7) is 1.80. The van der Waals surface area contributed by atoms with Crippen LogP contribution in [0.1, 0.15) is 0 Å². The lowest BCUT2D eigenvalue weighted by Gasteiger charge is -2.34. The Bertz CT molecular complexity index is 1230. The standard InChI is InChI=1S/C22H20ClF3N4/c1-28-6-8-29(9-7-28)22-17(25)11-15-20-16(12-30(5-4-24)21(15)19(22)26)14-3-2-13(23)10-18(14)27-20/h2-3,10-12H,4-9H2,1H3. The quantitative estimate of drug-likeness (QED) is 0.458. The first-order valence-corrected chi connectivity index (χ1v) is 10.2. The molecule has 5 rings (SSSR count). The molecular weight excluding hydrogens is 413 g/mol. The molecule has 1 saturated heterocycles. The Morgan fingerprint density at radius 2 is 1.83 bits per heavy atom. The molecule has 8 heteroatoms. The van der Waals surface area contributed by atoms with Gasteiger partial charge < -0.3 is 14.4 Å². The molecule has 3 aliphatic rings. The molecule has 0 atom stereocenters. The van der Waals surface area contributed by atoms with Crippen LogP contribution in [0.3, 0.4) is 0 Å². The van der Waals surface area contributed by atoms with E-state index in [-0.39, 0.29) is 17.7 Å². The summed E-state index contributed by atoms with van der Waals surface area (Å²) >= 11 is 6.09. The lowest BCUT2D eigenvalue weighted by atomic mass is 10.0. The second-order valence-electron chi connectivity index (χ2n) is 7.75. The number of nitrogens with zero attached hydrogens (tertiary/aromatic N) is 4. The van der Waals surface area contributed by atoms with Crippen LogP contribution in [0.4, 0.5) is 18.9 Å². The SMILES string of the molecule is CN1CCN(c2c(F)cc3c4nc5cc(Cl)ccc5c-4cn(CCF)c3c2F)CC1. The fourth-order valence-corrected chi connectivity index (χ4v) is 4.50. The van der Waals surface area contributed by atoms with Crippen LogP contribution < -0.4 is 4.90 Å². The highest BCUT2D eigenvalue weighted by molar-refractivity contribution is 6.31. The molecule has 3 heterocycles. The highest BCUT2D eigenvalue weighted by atomic mass is 35.5. The maximum Gasteiger partial charge on any atom is 0.173 e. The van der Waals surface area contributed by atoms with E-state index in [4.69, 9.17) is 11.6 Å². The second kappa shape index (κ2) is 7.32. The fourth-order valence-electron chi connectivity index (χ4n) is 4.34. The van der Waals surface area contributed by atoms with E-state index in [1.54, 1.807) is 23.2 Å². The minimum Gasteiger partial charge on any atom is -0.364 e. The third-order valence-corrected chi connectivity index (χ3v) is 6.11. The predicted octanol–water partition coefficient (Wildman–Crippen LogP) is 4.95. The van der Waals surface area contributed by atoms with Gasteiger partial charge in [-0.1, -0.05) is 17.7 Å². The zero-order valence-corrected chi connectivity index (χ0v) is 17.2. The number of aromatic nitrogens is 2. The predicted molar refractivity (Wildman–Crippen MR) is 114 cm³/mol. The maximum absolute atomic E-state index is 15.8. The minimum atomic E-state index is -0.671. The first kappa shape index (κ1) is 19.5. The average molecular weight is 433 g/mol. The number of piperazine rings is 1. The van der Waals surface area contributed by atoms with Gasteiger partial charge >= 0.3 is 0 Å². The van der Waals surface area contributed by atoms with Gasteiger partial charge in [-0.3, -0.25) is 0 Å². The molecule has 0 saturated carbocycles. The van der Waals surface area contributed by atoms with Crippen LogP contribution in [-0.2, 0) is 6.54 Å². The molecule has 2 aromatic carbocycles. The number of hydrogen-bond acceptors (Lipinski definition) is 3. The van der Waals surface area contributed by atoms with Gasteiger partial charge in [0.2, 0.25) is 0 Å². The molecule has 2 aromatic rings. The number of anilines is 1. The van der Waals surface area contributed by atoms with Crippen molar-refractivity contribution in [2.45, 2.75) is 6.54 Å². The van der Waals surface area contributed by atoms with Crippen molar-refractivity contribution in [3.8, 4) is 11.3 Å². The van der Waals surface area contributed by atoms with Gasteiger partial charge in [-0.2, -0.15) is 0 Å². The average Bonchev–Trinajstić information content (AvgIpc) is 3.07. The lowest BCUT2D eigenvalue weighted by molar-refractivity contribution is 0.310. The van der Waals surface area contributed by atoms with Gasteiger partial charge in [-0.25, -0.2) is 18.2 Å². The third kappa shape index (κ3) is 2.99. The highest BCUT2D eigenvalue weighted by Crippen LogP contribution is 2.41. The molecule has 156 valence electrons. The van der Waals surface area contributed by atoms with Crippen molar-refractivity contribution in [1.29, 1.82) is 0 Å². The number of hydrogen-bond donors (Lipinski definition) is 0. The largest absolute Gasteiger partial charge is 0.364 e. The van der Waals surface area contributed by atoms with E-state index < -0.39 is 18.3 Å². The van der Waals surface area contributed by atoms with Gasteiger partial charge in [0.25, 0.3) is 0 Å². The smallest absolute Gasteiger partial charge is 0.173 e. The van der Waals surface area contributed by atoms with E-state index in [1.807, 2.05) is 13.1 Å². The molecule has 0 N–H and O–H groups in total. The monoisotopic (exact) mass is 432 g/mol. The number of benzene rings is 2. The highest BCUT2D eigenvalue weighted by Gasteiger charge is 2.27. The zero-order chi connectivity index (χ0) is 21.0. The third-order valence-electron chi connectivity index (χ3n) is 5.88. The minimum absolute atomic E-state index is 0.0303. The van der Waals surface area contributed by atoms with E-state index in [1.165, 1.54) is 10.6 Å². The molecule has 0 radical (unpaired) electrons. The summed E-state index contributed by atoms with van der Waals surface area (Å²) < 4.78 is 45.8. The van der Waals surface area contributed by atoms with Gasteiger partial charge in [0, 0.05) is 53.7 Å². The first-order chi connectivity index (χ1) is 14.5. The van der Waals surface area contributed by atoms with Crippen LogP contribution in [-0.4, -0.2) is 54.4 Å². The van der Waals surface area contributed by atoms with Crippen molar-refractivity contribution in [2.75, 3.05) is 44.8 Å². The molecule has 0 unspecified atom stereocenters. The molecule has 0 amide bonds. The Morgan fingerprint density at radius 3 is 2.57 bits per heavy atom. The van der Waals surface area contributed by atoms with E-state index >= 15 is 8.78 Å². The van der Waals surface area contributed by atoms with Crippen molar-refractivity contribution in [3.05, 3.63) is 47.1 Å². The maximum atomic E-state index is 15.8. The normalized spacial score (nSPS) is 15.7. The van der Waals surface area contributed by atoms with E-state index in [9.17, 15) is 4.39 Å². The number of halogens is 4. The lowest BCUT2D eigenvalue weighted by Crippen LogP contribution is -2.45. The number of aryl methyl sites for hydroxylation is 1. The molecular formula is C22H20ClF3N4. The topological polar surface area (TPSA) is 24.3 Å². The molecule has 0 aliphatic carbocycles. The molecule has 0 bridgehead atoms. The van der Waals surface area contributed by atoms with Crippen molar-refractivity contribution in [2.24, 2.45) is 0 Å². The van der Waals surface area contributed by atoms with Crippen LogP contribution in [0, 0.1) is 11.6 Å². The summed E-state index contributed by atoms with van der Waals surface area (Å²) in [7, 11) is 1.98.